The van der Waals surface area contributed by atoms with E-state index in [9.17, 15) is 26.7 Å². The van der Waals surface area contributed by atoms with Gasteiger partial charge in [0.2, 0.25) is 0 Å². The second kappa shape index (κ2) is 6.44. The van der Waals surface area contributed by atoms with Crippen LogP contribution in [0.4, 0.5) is 22.0 Å². The molecular formula is C15H10F5NO3. The van der Waals surface area contributed by atoms with Gasteiger partial charge in [-0.1, -0.05) is 0 Å². The van der Waals surface area contributed by atoms with Crippen molar-refractivity contribution in [3.8, 4) is 11.5 Å². The van der Waals surface area contributed by atoms with E-state index in [1.54, 1.807) is 0 Å². The Bertz CT molecular complexity index is 711. The number of hydrogen-bond acceptors (Lipinski definition) is 3. The minimum Gasteiger partial charge on any atom is -0.457 e. The number of amides is 1. The minimum atomic E-state index is -5.68. The molecule has 1 amide bonds. The van der Waals surface area contributed by atoms with E-state index < -0.39 is 23.6 Å². The van der Waals surface area contributed by atoms with Gasteiger partial charge in [-0.05, 0) is 48.5 Å². The number of benzene rings is 2. The molecule has 0 heterocycles. The summed E-state index contributed by atoms with van der Waals surface area (Å²) in [5, 5.41) is 8.47. The normalized spacial score (nSPS) is 11.9. The predicted molar refractivity (Wildman–Crippen MR) is 72.2 cm³/mol. The average molecular weight is 347 g/mol. The van der Waals surface area contributed by atoms with E-state index >= 15 is 0 Å². The molecule has 0 saturated carbocycles. The maximum atomic E-state index is 13.2. The molecule has 4 nitrogen and oxygen atoms in total. The highest BCUT2D eigenvalue weighted by atomic mass is 19.4. The summed E-state index contributed by atoms with van der Waals surface area (Å²) < 4.78 is 68.4. The minimum absolute atomic E-state index is 0.0380. The highest BCUT2D eigenvalue weighted by Crippen LogP contribution is 2.44. The first-order valence-electron chi connectivity index (χ1n) is 6.42. The predicted octanol–water partition coefficient (Wildman–Crippen LogP) is 4.25. The summed E-state index contributed by atoms with van der Waals surface area (Å²) in [6, 6.07) is 8.57. The Morgan fingerprint density at radius 2 is 1.33 bits per heavy atom. The molecule has 0 aliphatic carbocycles. The van der Waals surface area contributed by atoms with E-state index in [0.29, 0.717) is 12.1 Å². The zero-order valence-corrected chi connectivity index (χ0v) is 11.8. The lowest BCUT2D eigenvalue weighted by atomic mass is 10.1. The summed E-state index contributed by atoms with van der Waals surface area (Å²) in [4.78, 5) is 11.1. The molecule has 0 saturated heterocycles. The van der Waals surface area contributed by atoms with Gasteiger partial charge in [-0.2, -0.15) is 22.0 Å². The van der Waals surface area contributed by atoms with E-state index in [4.69, 9.17) is 9.94 Å². The summed E-state index contributed by atoms with van der Waals surface area (Å²) in [5.41, 5.74) is 0.387. The first-order valence-corrected chi connectivity index (χ1v) is 6.42. The number of halogens is 5. The Morgan fingerprint density at radius 1 is 0.875 bits per heavy atom. The number of hydroxylamine groups is 1. The van der Waals surface area contributed by atoms with Crippen LogP contribution in [0.25, 0.3) is 0 Å². The van der Waals surface area contributed by atoms with E-state index in [1.165, 1.54) is 29.7 Å². The fraction of sp³-hybridized carbons (Fsp3) is 0.133. The molecule has 0 bridgehead atoms. The number of carbonyl (C=O) groups excluding carboxylic acids is 1. The lowest BCUT2D eigenvalue weighted by Gasteiger charge is -2.20. The quantitative estimate of drug-likeness (QED) is 0.494. The zero-order chi connectivity index (χ0) is 18.0. The van der Waals surface area contributed by atoms with Crippen LogP contribution in [-0.2, 0) is 5.92 Å². The molecule has 0 atom stereocenters. The third kappa shape index (κ3) is 3.62. The standard InChI is InChI=1S/C15H10F5NO3/c16-14(17,15(18,19)20)10-3-7-12(8-4-10)24-11-5-1-9(2-6-11)13(22)21-23/h1-8,23H,(H,21,22). The van der Waals surface area contributed by atoms with Crippen molar-refractivity contribution in [3.63, 3.8) is 0 Å². The molecule has 2 aromatic carbocycles. The Labute approximate surface area is 132 Å². The van der Waals surface area contributed by atoms with Crippen LogP contribution in [0.5, 0.6) is 11.5 Å². The van der Waals surface area contributed by atoms with Crippen LogP contribution in [0, 0.1) is 0 Å². The summed E-state index contributed by atoms with van der Waals surface area (Å²) in [6.45, 7) is 0. The Balaban J connectivity index is 2.13. The van der Waals surface area contributed by atoms with Crippen molar-refractivity contribution in [2.75, 3.05) is 0 Å². The monoisotopic (exact) mass is 347 g/mol. The Kier molecular flexibility index (Phi) is 4.74. The lowest BCUT2D eigenvalue weighted by Crippen LogP contribution is -2.33. The van der Waals surface area contributed by atoms with Crippen molar-refractivity contribution < 1.29 is 36.7 Å². The van der Waals surface area contributed by atoms with Crippen molar-refractivity contribution in [3.05, 3.63) is 59.7 Å². The molecule has 0 aliphatic rings. The molecule has 0 aromatic heterocycles. The Hall–Kier alpha value is -2.68. The third-order valence-electron chi connectivity index (χ3n) is 3.03. The van der Waals surface area contributed by atoms with Crippen LogP contribution in [-0.4, -0.2) is 17.3 Å². The van der Waals surface area contributed by atoms with Gasteiger partial charge in [0, 0.05) is 11.1 Å². The second-order valence-electron chi connectivity index (χ2n) is 4.66. The Morgan fingerprint density at radius 3 is 1.75 bits per heavy atom. The van der Waals surface area contributed by atoms with Crippen LogP contribution in [0.2, 0.25) is 0 Å². The van der Waals surface area contributed by atoms with Gasteiger partial charge in [-0.3, -0.25) is 10.0 Å². The van der Waals surface area contributed by atoms with Crippen LogP contribution in [0.1, 0.15) is 15.9 Å². The summed E-state index contributed by atoms with van der Waals surface area (Å²) >= 11 is 0. The third-order valence-corrected chi connectivity index (χ3v) is 3.03. The van der Waals surface area contributed by atoms with Gasteiger partial charge in [0.05, 0.1) is 0 Å². The molecule has 2 rings (SSSR count). The van der Waals surface area contributed by atoms with Gasteiger partial charge < -0.3 is 4.74 Å². The van der Waals surface area contributed by atoms with Gasteiger partial charge in [0.15, 0.2) is 0 Å². The molecule has 0 fully saturated rings. The number of rotatable bonds is 4. The molecule has 0 radical (unpaired) electrons. The maximum Gasteiger partial charge on any atom is 0.458 e. The average Bonchev–Trinajstić information content (AvgIpc) is 2.54. The number of nitrogens with one attached hydrogen (secondary N) is 1. The number of carbonyl (C=O) groups is 1. The molecule has 0 unspecified atom stereocenters. The summed E-state index contributed by atoms with van der Waals surface area (Å²) in [7, 11) is 0. The highest BCUT2D eigenvalue weighted by molar-refractivity contribution is 5.93. The van der Waals surface area contributed by atoms with Gasteiger partial charge in [0.25, 0.3) is 5.91 Å². The fourth-order valence-electron chi connectivity index (χ4n) is 1.77. The van der Waals surface area contributed by atoms with E-state index in [2.05, 4.69) is 0 Å². The van der Waals surface area contributed by atoms with Gasteiger partial charge in [-0.25, -0.2) is 5.48 Å². The molecule has 2 N–H and O–H groups in total. The van der Waals surface area contributed by atoms with Crippen molar-refractivity contribution in [2.24, 2.45) is 0 Å². The smallest absolute Gasteiger partial charge is 0.457 e. The van der Waals surface area contributed by atoms with Crippen molar-refractivity contribution in [1.82, 2.24) is 5.48 Å². The van der Waals surface area contributed by atoms with E-state index in [1.807, 2.05) is 0 Å². The molecule has 2 aromatic rings. The van der Waals surface area contributed by atoms with Crippen molar-refractivity contribution in [1.29, 1.82) is 0 Å². The zero-order valence-electron chi connectivity index (χ0n) is 11.8. The topological polar surface area (TPSA) is 58.6 Å². The van der Waals surface area contributed by atoms with Gasteiger partial charge >= 0.3 is 12.1 Å². The largest absolute Gasteiger partial charge is 0.458 e. The van der Waals surface area contributed by atoms with Crippen LogP contribution >= 0.6 is 0 Å². The van der Waals surface area contributed by atoms with Crippen molar-refractivity contribution in [2.45, 2.75) is 12.1 Å². The first kappa shape index (κ1) is 17.7. The first-order chi connectivity index (χ1) is 11.1. The highest BCUT2D eigenvalue weighted by Gasteiger charge is 2.58. The SMILES string of the molecule is O=C(NO)c1ccc(Oc2ccc(C(F)(F)C(F)(F)F)cc2)cc1. The molecule has 9 heteroatoms. The molecule has 24 heavy (non-hydrogen) atoms. The van der Waals surface area contributed by atoms with Crippen LogP contribution in [0.3, 0.4) is 0 Å². The number of hydrogen-bond donors (Lipinski definition) is 2. The van der Waals surface area contributed by atoms with Crippen LogP contribution in [0.15, 0.2) is 48.5 Å². The molecule has 0 aliphatic heterocycles. The van der Waals surface area contributed by atoms with Crippen LogP contribution < -0.4 is 10.2 Å². The van der Waals surface area contributed by atoms with Crippen molar-refractivity contribution >= 4 is 5.91 Å². The number of ether oxygens (including phenoxy) is 1. The summed E-state index contributed by atoms with van der Waals surface area (Å²) in [6.07, 6.45) is -5.68. The maximum absolute atomic E-state index is 13.2. The second-order valence-corrected chi connectivity index (χ2v) is 4.66. The van der Waals surface area contributed by atoms with E-state index in [-0.39, 0.29) is 17.1 Å². The van der Waals surface area contributed by atoms with Gasteiger partial charge in [0.1, 0.15) is 11.5 Å². The molecular weight excluding hydrogens is 337 g/mol. The molecule has 0 spiro atoms. The number of alkyl halides is 5. The molecule has 128 valence electrons. The fourth-order valence-corrected chi connectivity index (χ4v) is 1.77. The van der Waals surface area contributed by atoms with E-state index in [0.717, 1.165) is 12.1 Å². The summed E-state index contributed by atoms with van der Waals surface area (Å²) in [5.74, 6) is -5.43. The lowest BCUT2D eigenvalue weighted by molar-refractivity contribution is -0.289. The van der Waals surface area contributed by atoms with Gasteiger partial charge in [-0.15, -0.1) is 0 Å².